The van der Waals surface area contributed by atoms with Crippen molar-refractivity contribution in [2.24, 2.45) is 5.92 Å². The lowest BCUT2D eigenvalue weighted by Gasteiger charge is -2.00. The van der Waals surface area contributed by atoms with Crippen molar-refractivity contribution in [3.05, 3.63) is 16.1 Å². The van der Waals surface area contributed by atoms with Gasteiger partial charge in [-0.3, -0.25) is 0 Å². The lowest BCUT2D eigenvalue weighted by molar-refractivity contribution is 0.184. The second kappa shape index (κ2) is 5.75. The van der Waals surface area contributed by atoms with Crippen LogP contribution in [0.3, 0.4) is 0 Å². The van der Waals surface area contributed by atoms with E-state index >= 15 is 0 Å². The number of nitrogens with one attached hydrogen (secondary N) is 1. The maximum atomic E-state index is 5.06. The molecule has 1 aromatic heterocycles. The van der Waals surface area contributed by atoms with Crippen molar-refractivity contribution in [3.63, 3.8) is 0 Å². The minimum atomic E-state index is 0.632. The van der Waals surface area contributed by atoms with Gasteiger partial charge in [-0.25, -0.2) is 4.98 Å². The van der Waals surface area contributed by atoms with Crippen LogP contribution in [-0.2, 0) is 17.9 Å². The lowest BCUT2D eigenvalue weighted by atomic mass is 10.2. The number of ether oxygens (including phenoxy) is 1. The standard InChI is InChI=1S/C12H20N2OS/c1-3-4-9-5-11(9)13-6-10-8-16-12(14-10)7-15-2/h8-9,11,13H,3-7H2,1-2H3. The normalized spacial score (nSPS) is 23.6. The van der Waals surface area contributed by atoms with Gasteiger partial charge in [0, 0.05) is 25.1 Å². The van der Waals surface area contributed by atoms with Crippen LogP contribution < -0.4 is 5.32 Å². The van der Waals surface area contributed by atoms with Gasteiger partial charge in [0.25, 0.3) is 0 Å². The average molecular weight is 240 g/mol. The highest BCUT2D eigenvalue weighted by Crippen LogP contribution is 2.34. The molecule has 0 bridgehead atoms. The van der Waals surface area contributed by atoms with Crippen LogP contribution in [0.25, 0.3) is 0 Å². The van der Waals surface area contributed by atoms with E-state index in [1.165, 1.54) is 19.3 Å². The van der Waals surface area contributed by atoms with Gasteiger partial charge in [0.05, 0.1) is 12.3 Å². The maximum Gasteiger partial charge on any atom is 0.119 e. The molecule has 1 aliphatic carbocycles. The number of hydrogen-bond donors (Lipinski definition) is 1. The molecule has 2 atom stereocenters. The van der Waals surface area contributed by atoms with Gasteiger partial charge >= 0.3 is 0 Å². The van der Waals surface area contributed by atoms with Crippen LogP contribution in [0.5, 0.6) is 0 Å². The third kappa shape index (κ3) is 3.27. The van der Waals surface area contributed by atoms with Crippen LogP contribution in [0.15, 0.2) is 5.38 Å². The van der Waals surface area contributed by atoms with E-state index in [0.717, 1.165) is 29.2 Å². The Balaban J connectivity index is 1.69. The van der Waals surface area contributed by atoms with Crippen molar-refractivity contribution in [3.8, 4) is 0 Å². The molecular weight excluding hydrogens is 220 g/mol. The molecule has 0 radical (unpaired) electrons. The Morgan fingerprint density at radius 2 is 2.50 bits per heavy atom. The highest BCUT2D eigenvalue weighted by molar-refractivity contribution is 7.09. The Hall–Kier alpha value is -0.450. The van der Waals surface area contributed by atoms with Crippen molar-refractivity contribution in [1.29, 1.82) is 0 Å². The van der Waals surface area contributed by atoms with Gasteiger partial charge in [-0.05, 0) is 18.8 Å². The fraction of sp³-hybridized carbons (Fsp3) is 0.750. The predicted octanol–water partition coefficient (Wildman–Crippen LogP) is 2.57. The molecule has 90 valence electrons. The largest absolute Gasteiger partial charge is 0.378 e. The lowest BCUT2D eigenvalue weighted by Crippen LogP contribution is -2.17. The molecule has 0 aromatic carbocycles. The molecule has 16 heavy (non-hydrogen) atoms. The summed E-state index contributed by atoms with van der Waals surface area (Å²) in [4.78, 5) is 4.50. The zero-order valence-corrected chi connectivity index (χ0v) is 10.8. The van der Waals surface area contributed by atoms with E-state index in [1.807, 2.05) is 0 Å². The van der Waals surface area contributed by atoms with Crippen molar-refractivity contribution in [2.45, 2.75) is 45.4 Å². The Bertz CT molecular complexity index is 327. The van der Waals surface area contributed by atoms with Gasteiger partial charge in [0.15, 0.2) is 0 Å². The first kappa shape index (κ1) is 12.0. The molecule has 1 aliphatic rings. The molecule has 0 aliphatic heterocycles. The third-order valence-electron chi connectivity index (χ3n) is 2.99. The SMILES string of the molecule is CCCC1CC1NCc1csc(COC)n1. The van der Waals surface area contributed by atoms with Crippen LogP contribution in [0.1, 0.15) is 36.9 Å². The summed E-state index contributed by atoms with van der Waals surface area (Å²) >= 11 is 1.68. The first-order valence-corrected chi connectivity index (χ1v) is 6.87. The monoisotopic (exact) mass is 240 g/mol. The zero-order chi connectivity index (χ0) is 11.4. The van der Waals surface area contributed by atoms with E-state index in [9.17, 15) is 0 Å². The van der Waals surface area contributed by atoms with Crippen molar-refractivity contribution in [1.82, 2.24) is 10.3 Å². The van der Waals surface area contributed by atoms with Gasteiger partial charge in [-0.15, -0.1) is 11.3 Å². The molecule has 0 saturated heterocycles. The van der Waals surface area contributed by atoms with Crippen LogP contribution in [0.4, 0.5) is 0 Å². The van der Waals surface area contributed by atoms with Crippen molar-refractivity contribution >= 4 is 11.3 Å². The maximum absolute atomic E-state index is 5.06. The summed E-state index contributed by atoms with van der Waals surface area (Å²) in [7, 11) is 1.71. The fourth-order valence-corrected chi connectivity index (χ4v) is 2.81. The van der Waals surface area contributed by atoms with Gasteiger partial charge in [0.2, 0.25) is 0 Å². The molecule has 0 amide bonds. The summed E-state index contributed by atoms with van der Waals surface area (Å²) in [6.07, 6.45) is 4.02. The first-order valence-electron chi connectivity index (χ1n) is 5.99. The molecule has 0 spiro atoms. The van der Waals surface area contributed by atoms with E-state index in [-0.39, 0.29) is 0 Å². The quantitative estimate of drug-likeness (QED) is 0.795. The summed E-state index contributed by atoms with van der Waals surface area (Å²) < 4.78 is 5.06. The molecular formula is C12H20N2OS. The van der Waals surface area contributed by atoms with E-state index in [2.05, 4.69) is 22.6 Å². The van der Waals surface area contributed by atoms with Gasteiger partial charge in [0.1, 0.15) is 5.01 Å². The molecule has 3 nitrogen and oxygen atoms in total. The summed E-state index contributed by atoms with van der Waals surface area (Å²) in [6, 6.07) is 0.743. The predicted molar refractivity (Wildman–Crippen MR) is 66.5 cm³/mol. The van der Waals surface area contributed by atoms with Gasteiger partial charge < -0.3 is 10.1 Å². The van der Waals surface area contributed by atoms with E-state index in [0.29, 0.717) is 6.61 Å². The minimum absolute atomic E-state index is 0.632. The van der Waals surface area contributed by atoms with Crippen molar-refractivity contribution in [2.75, 3.05) is 7.11 Å². The topological polar surface area (TPSA) is 34.1 Å². The molecule has 1 aromatic rings. The summed E-state index contributed by atoms with van der Waals surface area (Å²) in [5, 5.41) is 6.76. The van der Waals surface area contributed by atoms with E-state index in [1.54, 1.807) is 18.4 Å². The number of aromatic nitrogens is 1. The minimum Gasteiger partial charge on any atom is -0.378 e. The Morgan fingerprint density at radius 3 is 3.25 bits per heavy atom. The third-order valence-corrected chi connectivity index (χ3v) is 3.87. The van der Waals surface area contributed by atoms with E-state index in [4.69, 9.17) is 4.74 Å². The molecule has 2 unspecified atom stereocenters. The zero-order valence-electron chi connectivity index (χ0n) is 10.0. The first-order chi connectivity index (χ1) is 7.83. The molecule has 1 N–H and O–H groups in total. The van der Waals surface area contributed by atoms with Crippen LogP contribution >= 0.6 is 11.3 Å². The smallest absolute Gasteiger partial charge is 0.119 e. The number of methoxy groups -OCH3 is 1. The van der Waals surface area contributed by atoms with Crippen molar-refractivity contribution < 1.29 is 4.74 Å². The second-order valence-electron chi connectivity index (χ2n) is 4.44. The average Bonchev–Trinajstić information content (AvgIpc) is 2.85. The number of nitrogens with zero attached hydrogens (tertiary/aromatic N) is 1. The summed E-state index contributed by atoms with van der Waals surface area (Å²) in [6.45, 7) is 3.80. The Labute approximate surface area is 101 Å². The number of rotatable bonds is 7. The number of hydrogen-bond acceptors (Lipinski definition) is 4. The second-order valence-corrected chi connectivity index (χ2v) is 5.38. The number of thiazole rings is 1. The summed E-state index contributed by atoms with van der Waals surface area (Å²) in [5.74, 6) is 0.919. The molecule has 1 fully saturated rings. The Kier molecular flexibility index (Phi) is 4.32. The van der Waals surface area contributed by atoms with Crippen LogP contribution in [0.2, 0.25) is 0 Å². The molecule has 1 saturated carbocycles. The van der Waals surface area contributed by atoms with Gasteiger partial charge in [-0.2, -0.15) is 0 Å². The Morgan fingerprint density at radius 1 is 1.62 bits per heavy atom. The van der Waals surface area contributed by atoms with Crippen LogP contribution in [-0.4, -0.2) is 18.1 Å². The van der Waals surface area contributed by atoms with E-state index < -0.39 is 0 Å². The van der Waals surface area contributed by atoms with Crippen LogP contribution in [0, 0.1) is 5.92 Å². The van der Waals surface area contributed by atoms with Gasteiger partial charge in [-0.1, -0.05) is 13.3 Å². The molecule has 4 heteroatoms. The highest BCUT2D eigenvalue weighted by atomic mass is 32.1. The molecule has 2 rings (SSSR count). The molecule has 1 heterocycles. The summed E-state index contributed by atoms with van der Waals surface area (Å²) in [5.41, 5.74) is 1.15. The highest BCUT2D eigenvalue weighted by Gasteiger charge is 2.35. The fourth-order valence-electron chi connectivity index (χ4n) is 2.04.